The fourth-order valence-corrected chi connectivity index (χ4v) is 3.55. The molecule has 1 unspecified atom stereocenters. The van der Waals surface area contributed by atoms with Crippen LogP contribution in [0.4, 0.5) is 0 Å². The van der Waals surface area contributed by atoms with Crippen molar-refractivity contribution in [3.8, 4) is 0 Å². The van der Waals surface area contributed by atoms with E-state index in [0.29, 0.717) is 24.0 Å². The molecule has 0 N–H and O–H groups in total. The van der Waals surface area contributed by atoms with E-state index in [-0.39, 0.29) is 11.8 Å². The molecule has 4 heterocycles. The number of amides is 1. The highest BCUT2D eigenvalue weighted by molar-refractivity contribution is 5.92. The molecule has 1 atom stereocenters. The summed E-state index contributed by atoms with van der Waals surface area (Å²) in [6.45, 7) is 2.85. The van der Waals surface area contributed by atoms with Gasteiger partial charge in [0.2, 0.25) is 5.89 Å². The highest BCUT2D eigenvalue weighted by atomic mass is 16.5. The van der Waals surface area contributed by atoms with Gasteiger partial charge in [-0.3, -0.25) is 9.78 Å². The molecular weight excluding hydrogens is 320 g/mol. The minimum Gasteiger partial charge on any atom is -0.381 e. The first-order valence-electron chi connectivity index (χ1n) is 8.93. The average molecular weight is 342 g/mol. The lowest BCUT2D eigenvalue weighted by atomic mass is 9.97. The number of carbonyl (C=O) groups is 1. The van der Waals surface area contributed by atoms with Gasteiger partial charge < -0.3 is 14.2 Å². The zero-order valence-corrected chi connectivity index (χ0v) is 14.1. The van der Waals surface area contributed by atoms with E-state index >= 15 is 0 Å². The largest absolute Gasteiger partial charge is 0.381 e. The number of hydrogen-bond acceptors (Lipinski definition) is 6. The fourth-order valence-electron chi connectivity index (χ4n) is 3.55. The molecule has 2 aromatic heterocycles. The topological polar surface area (TPSA) is 81.4 Å². The molecule has 0 aromatic carbocycles. The van der Waals surface area contributed by atoms with Gasteiger partial charge in [0.1, 0.15) is 5.69 Å². The van der Waals surface area contributed by atoms with Crippen molar-refractivity contribution in [2.45, 2.75) is 37.5 Å². The summed E-state index contributed by atoms with van der Waals surface area (Å²) in [5, 5.41) is 4.19. The monoisotopic (exact) mass is 342 g/mol. The Kier molecular flexibility index (Phi) is 4.74. The minimum absolute atomic E-state index is 0.0329. The maximum absolute atomic E-state index is 12.6. The van der Waals surface area contributed by atoms with Gasteiger partial charge in [0.25, 0.3) is 5.91 Å². The van der Waals surface area contributed by atoms with Crippen molar-refractivity contribution in [2.75, 3.05) is 26.3 Å². The van der Waals surface area contributed by atoms with Crippen LogP contribution in [0.15, 0.2) is 28.9 Å². The van der Waals surface area contributed by atoms with Gasteiger partial charge in [-0.25, -0.2) is 0 Å². The van der Waals surface area contributed by atoms with Gasteiger partial charge in [0.05, 0.1) is 5.92 Å². The summed E-state index contributed by atoms with van der Waals surface area (Å²) in [6.07, 6.45) is 5.41. The van der Waals surface area contributed by atoms with Crippen molar-refractivity contribution in [1.29, 1.82) is 0 Å². The zero-order valence-electron chi connectivity index (χ0n) is 14.1. The van der Waals surface area contributed by atoms with E-state index in [0.717, 1.165) is 51.3 Å². The van der Waals surface area contributed by atoms with Crippen molar-refractivity contribution >= 4 is 5.91 Å². The van der Waals surface area contributed by atoms with Gasteiger partial charge in [0, 0.05) is 38.4 Å². The molecule has 2 aliphatic heterocycles. The second-order valence-electron chi connectivity index (χ2n) is 6.68. The molecule has 4 rings (SSSR count). The van der Waals surface area contributed by atoms with Gasteiger partial charge in [-0.2, -0.15) is 4.98 Å². The Labute approximate surface area is 146 Å². The highest BCUT2D eigenvalue weighted by Crippen LogP contribution is 2.30. The smallest absolute Gasteiger partial charge is 0.272 e. The molecule has 7 nitrogen and oxygen atoms in total. The van der Waals surface area contributed by atoms with Crippen molar-refractivity contribution in [3.05, 3.63) is 41.8 Å². The minimum atomic E-state index is -0.0329. The number of ether oxygens (including phenoxy) is 1. The van der Waals surface area contributed by atoms with Crippen LogP contribution >= 0.6 is 0 Å². The zero-order chi connectivity index (χ0) is 17.1. The van der Waals surface area contributed by atoms with E-state index in [1.165, 1.54) is 0 Å². The second-order valence-corrected chi connectivity index (χ2v) is 6.68. The third-order valence-corrected chi connectivity index (χ3v) is 4.99. The number of pyridine rings is 1. The van der Waals surface area contributed by atoms with Crippen LogP contribution in [0.5, 0.6) is 0 Å². The van der Waals surface area contributed by atoms with E-state index in [4.69, 9.17) is 9.26 Å². The van der Waals surface area contributed by atoms with Crippen molar-refractivity contribution in [1.82, 2.24) is 20.0 Å². The van der Waals surface area contributed by atoms with Gasteiger partial charge in [-0.05, 0) is 37.8 Å². The lowest BCUT2D eigenvalue weighted by Crippen LogP contribution is -2.39. The fraction of sp³-hybridized carbons (Fsp3) is 0.556. The van der Waals surface area contributed by atoms with Crippen LogP contribution in [-0.4, -0.2) is 52.2 Å². The molecule has 1 amide bonds. The van der Waals surface area contributed by atoms with E-state index in [1.807, 2.05) is 17.0 Å². The van der Waals surface area contributed by atoms with Gasteiger partial charge >= 0.3 is 0 Å². The standard InChI is InChI=1S/C18H22N4O3/c23-18(15-5-1-2-8-19-15)22-9-3-4-14(12-22)17-20-16(21-25-17)13-6-10-24-11-7-13/h1-2,5,8,13-14H,3-4,6-7,9-12H2. The number of hydrogen-bond donors (Lipinski definition) is 0. The lowest BCUT2D eigenvalue weighted by Gasteiger charge is -2.30. The van der Waals surface area contributed by atoms with E-state index in [1.54, 1.807) is 12.3 Å². The summed E-state index contributed by atoms with van der Waals surface area (Å²) >= 11 is 0. The van der Waals surface area contributed by atoms with Crippen LogP contribution in [-0.2, 0) is 4.74 Å². The first kappa shape index (κ1) is 16.2. The molecule has 0 spiro atoms. The summed E-state index contributed by atoms with van der Waals surface area (Å²) in [4.78, 5) is 23.3. The molecule has 0 radical (unpaired) electrons. The van der Waals surface area contributed by atoms with Gasteiger partial charge in [0.15, 0.2) is 5.82 Å². The van der Waals surface area contributed by atoms with Crippen LogP contribution in [0, 0.1) is 0 Å². The van der Waals surface area contributed by atoms with Crippen molar-refractivity contribution in [2.24, 2.45) is 0 Å². The van der Waals surface area contributed by atoms with Crippen LogP contribution < -0.4 is 0 Å². The van der Waals surface area contributed by atoms with Gasteiger partial charge in [-0.1, -0.05) is 11.2 Å². The molecule has 2 saturated heterocycles. The second kappa shape index (κ2) is 7.31. The molecular formula is C18H22N4O3. The maximum atomic E-state index is 12.6. The quantitative estimate of drug-likeness (QED) is 0.852. The summed E-state index contributed by atoms with van der Waals surface area (Å²) in [7, 11) is 0. The summed E-state index contributed by atoms with van der Waals surface area (Å²) in [5.41, 5.74) is 0.483. The normalized spacial score (nSPS) is 22.1. The van der Waals surface area contributed by atoms with Gasteiger partial charge in [-0.15, -0.1) is 0 Å². The van der Waals surface area contributed by atoms with Crippen LogP contribution in [0.2, 0.25) is 0 Å². The Bertz CT molecular complexity index is 712. The summed E-state index contributed by atoms with van der Waals surface area (Å²) in [5.74, 6) is 1.82. The Morgan fingerprint density at radius 3 is 2.84 bits per heavy atom. The molecule has 7 heteroatoms. The third-order valence-electron chi connectivity index (χ3n) is 4.99. The third kappa shape index (κ3) is 3.56. The van der Waals surface area contributed by atoms with Crippen molar-refractivity contribution in [3.63, 3.8) is 0 Å². The SMILES string of the molecule is O=C(c1ccccn1)N1CCCC(c2nc(C3CCOCC3)no2)C1. The maximum Gasteiger partial charge on any atom is 0.272 e. The first-order chi connectivity index (χ1) is 12.3. The Balaban J connectivity index is 1.44. The molecule has 0 saturated carbocycles. The van der Waals surface area contributed by atoms with Crippen LogP contribution in [0.3, 0.4) is 0 Å². The number of aromatic nitrogens is 3. The molecule has 2 aliphatic rings. The Morgan fingerprint density at radius 1 is 1.16 bits per heavy atom. The van der Waals surface area contributed by atoms with Crippen molar-refractivity contribution < 1.29 is 14.1 Å². The molecule has 2 fully saturated rings. The van der Waals surface area contributed by atoms with E-state index in [2.05, 4.69) is 15.1 Å². The predicted molar refractivity (Wildman–Crippen MR) is 89.2 cm³/mol. The molecule has 0 bridgehead atoms. The average Bonchev–Trinajstić information content (AvgIpc) is 3.19. The molecule has 25 heavy (non-hydrogen) atoms. The van der Waals surface area contributed by atoms with Crippen LogP contribution in [0.25, 0.3) is 0 Å². The number of rotatable bonds is 3. The molecule has 132 valence electrons. The van der Waals surface area contributed by atoms with Crippen LogP contribution in [0.1, 0.15) is 59.7 Å². The summed E-state index contributed by atoms with van der Waals surface area (Å²) < 4.78 is 10.9. The Hall–Kier alpha value is -2.28. The summed E-state index contributed by atoms with van der Waals surface area (Å²) in [6, 6.07) is 5.40. The lowest BCUT2D eigenvalue weighted by molar-refractivity contribution is 0.0689. The molecule has 0 aliphatic carbocycles. The van der Waals surface area contributed by atoms with E-state index < -0.39 is 0 Å². The highest BCUT2D eigenvalue weighted by Gasteiger charge is 2.30. The number of piperidine rings is 1. The van der Waals surface area contributed by atoms with E-state index in [9.17, 15) is 4.79 Å². The first-order valence-corrected chi connectivity index (χ1v) is 8.93. The number of nitrogens with zero attached hydrogens (tertiary/aromatic N) is 4. The number of likely N-dealkylation sites (tertiary alicyclic amines) is 1. The predicted octanol–water partition coefficient (Wildman–Crippen LogP) is 2.38. The Morgan fingerprint density at radius 2 is 2.04 bits per heavy atom. The number of carbonyl (C=O) groups excluding carboxylic acids is 1. The molecule has 2 aromatic rings.